The molecule has 0 aliphatic carbocycles. The molecule has 0 saturated carbocycles. The highest BCUT2D eigenvalue weighted by molar-refractivity contribution is 5.76. The molecule has 1 atom stereocenters. The largest absolute Gasteiger partial charge is 0.468 e. The Balaban J connectivity index is 2.86. The van der Waals surface area contributed by atoms with Gasteiger partial charge in [-0.05, 0) is 19.4 Å². The van der Waals surface area contributed by atoms with Gasteiger partial charge in [-0.15, -0.1) is 0 Å². The van der Waals surface area contributed by atoms with Crippen molar-refractivity contribution >= 4 is 5.97 Å². The third kappa shape index (κ3) is 3.56. The number of hydrogen-bond acceptors (Lipinski definition) is 4. The van der Waals surface area contributed by atoms with Crippen LogP contribution in [0.3, 0.4) is 0 Å². The van der Waals surface area contributed by atoms with Crippen LogP contribution < -0.4 is 5.32 Å². The van der Waals surface area contributed by atoms with Crippen molar-refractivity contribution in [2.75, 3.05) is 13.7 Å². The van der Waals surface area contributed by atoms with E-state index in [1.807, 2.05) is 11.5 Å². The lowest BCUT2D eigenvalue weighted by molar-refractivity contribution is -0.143. The molecule has 96 valence electrons. The maximum atomic E-state index is 11.8. The van der Waals surface area contributed by atoms with Gasteiger partial charge in [0.05, 0.1) is 25.3 Å². The molecule has 0 radical (unpaired) electrons. The Kier molecular flexibility index (Phi) is 5.15. The zero-order valence-corrected chi connectivity index (χ0v) is 10.9. The van der Waals surface area contributed by atoms with Crippen LogP contribution in [-0.2, 0) is 16.1 Å². The normalized spacial score (nSPS) is 12.8. The maximum absolute atomic E-state index is 11.8. The lowest BCUT2D eigenvalue weighted by atomic mass is 10.1. The molecule has 0 aliphatic heterocycles. The van der Waals surface area contributed by atoms with Crippen molar-refractivity contribution in [1.82, 2.24) is 14.9 Å². The van der Waals surface area contributed by atoms with Crippen molar-refractivity contribution in [3.63, 3.8) is 0 Å². The van der Waals surface area contributed by atoms with Gasteiger partial charge in [0.25, 0.3) is 0 Å². The van der Waals surface area contributed by atoms with Gasteiger partial charge >= 0.3 is 5.97 Å². The summed E-state index contributed by atoms with van der Waals surface area (Å²) in [5.41, 5.74) is 0.847. The van der Waals surface area contributed by atoms with Gasteiger partial charge in [0, 0.05) is 6.54 Å². The summed E-state index contributed by atoms with van der Waals surface area (Å²) < 4.78 is 6.76. The Hall–Kier alpha value is -1.36. The van der Waals surface area contributed by atoms with E-state index in [2.05, 4.69) is 24.1 Å². The van der Waals surface area contributed by atoms with Crippen LogP contribution in [-0.4, -0.2) is 29.2 Å². The van der Waals surface area contributed by atoms with E-state index < -0.39 is 6.04 Å². The van der Waals surface area contributed by atoms with Gasteiger partial charge in [0.15, 0.2) is 0 Å². The molecule has 0 aromatic carbocycles. The van der Waals surface area contributed by atoms with Gasteiger partial charge in [0.1, 0.15) is 6.04 Å². The number of aromatic nitrogens is 2. The first kappa shape index (κ1) is 13.7. The third-order valence-electron chi connectivity index (χ3n) is 2.55. The summed E-state index contributed by atoms with van der Waals surface area (Å²) in [5.74, 6) is 0.195. The molecular weight excluding hydrogens is 218 g/mol. The molecule has 0 aliphatic rings. The fourth-order valence-electron chi connectivity index (χ4n) is 1.62. The quantitative estimate of drug-likeness (QED) is 0.762. The molecule has 1 aromatic rings. The number of ether oxygens (including phenoxy) is 1. The molecular formula is C12H21N3O2. The van der Waals surface area contributed by atoms with Crippen molar-refractivity contribution < 1.29 is 9.53 Å². The average molecular weight is 239 g/mol. The first-order valence-corrected chi connectivity index (χ1v) is 5.91. The van der Waals surface area contributed by atoms with Crippen LogP contribution in [0, 0.1) is 5.92 Å². The van der Waals surface area contributed by atoms with E-state index in [0.29, 0.717) is 5.92 Å². The van der Waals surface area contributed by atoms with Crippen LogP contribution >= 0.6 is 0 Å². The highest BCUT2D eigenvalue weighted by Gasteiger charge is 2.24. The topological polar surface area (TPSA) is 56.2 Å². The zero-order valence-electron chi connectivity index (χ0n) is 10.9. The molecule has 5 heteroatoms. The van der Waals surface area contributed by atoms with E-state index in [-0.39, 0.29) is 5.97 Å². The third-order valence-corrected chi connectivity index (χ3v) is 2.55. The van der Waals surface area contributed by atoms with E-state index in [1.54, 1.807) is 12.5 Å². The van der Waals surface area contributed by atoms with Crippen LogP contribution in [0.2, 0.25) is 0 Å². The second-order valence-electron chi connectivity index (χ2n) is 4.36. The molecule has 5 nitrogen and oxygen atoms in total. The lowest BCUT2D eigenvalue weighted by Gasteiger charge is -2.18. The highest BCUT2D eigenvalue weighted by Crippen LogP contribution is 2.14. The van der Waals surface area contributed by atoms with Crippen molar-refractivity contribution in [1.29, 1.82) is 0 Å². The molecule has 0 spiro atoms. The second-order valence-corrected chi connectivity index (χ2v) is 4.36. The van der Waals surface area contributed by atoms with E-state index in [9.17, 15) is 4.79 Å². The van der Waals surface area contributed by atoms with Gasteiger partial charge in [-0.3, -0.25) is 5.32 Å². The van der Waals surface area contributed by atoms with Crippen molar-refractivity contribution in [2.24, 2.45) is 5.92 Å². The smallest absolute Gasteiger partial charge is 0.329 e. The monoisotopic (exact) mass is 239 g/mol. The fraction of sp³-hybridized carbons (Fsp3) is 0.667. The van der Waals surface area contributed by atoms with Crippen LogP contribution in [0.5, 0.6) is 0 Å². The fourth-order valence-corrected chi connectivity index (χ4v) is 1.62. The van der Waals surface area contributed by atoms with Crippen molar-refractivity contribution in [2.45, 2.75) is 33.4 Å². The molecule has 1 N–H and O–H groups in total. The zero-order chi connectivity index (χ0) is 12.8. The summed E-state index contributed by atoms with van der Waals surface area (Å²) >= 11 is 0. The summed E-state index contributed by atoms with van der Waals surface area (Å²) in [6.07, 6.45) is 3.43. The Morgan fingerprint density at radius 3 is 2.82 bits per heavy atom. The molecule has 0 fully saturated rings. The van der Waals surface area contributed by atoms with E-state index >= 15 is 0 Å². The average Bonchev–Trinajstić information content (AvgIpc) is 2.76. The minimum atomic E-state index is -0.440. The highest BCUT2D eigenvalue weighted by atomic mass is 16.5. The summed E-state index contributed by atoms with van der Waals surface area (Å²) in [6, 6.07) is -0.440. The number of rotatable bonds is 6. The van der Waals surface area contributed by atoms with E-state index in [0.717, 1.165) is 18.8 Å². The minimum Gasteiger partial charge on any atom is -0.468 e. The van der Waals surface area contributed by atoms with Crippen LogP contribution in [0.4, 0.5) is 0 Å². The number of imidazole rings is 1. The van der Waals surface area contributed by atoms with Crippen LogP contribution in [0.15, 0.2) is 12.5 Å². The number of nitrogens with one attached hydrogen (secondary N) is 1. The summed E-state index contributed by atoms with van der Waals surface area (Å²) in [7, 11) is 1.40. The standard InChI is InChI=1S/C12H21N3O2/c1-5-15-8-13-7-10(15)11(12(16)17-4)14-6-9(2)3/h7-9,11,14H,5-6H2,1-4H3. The lowest BCUT2D eigenvalue weighted by Crippen LogP contribution is -2.33. The van der Waals surface area contributed by atoms with Gasteiger partial charge in [0.2, 0.25) is 0 Å². The van der Waals surface area contributed by atoms with Crippen LogP contribution in [0.1, 0.15) is 32.5 Å². The number of carbonyl (C=O) groups is 1. The molecule has 1 unspecified atom stereocenters. The molecule has 1 rings (SSSR count). The SMILES string of the molecule is CCn1cncc1C(NCC(C)C)C(=O)OC. The summed E-state index contributed by atoms with van der Waals surface area (Å²) in [5, 5.41) is 3.21. The first-order chi connectivity index (χ1) is 8.10. The maximum Gasteiger partial charge on any atom is 0.329 e. The van der Waals surface area contributed by atoms with Gasteiger partial charge in [-0.2, -0.15) is 0 Å². The molecule has 0 saturated heterocycles. The molecule has 0 amide bonds. The Labute approximate surface area is 102 Å². The molecule has 17 heavy (non-hydrogen) atoms. The summed E-state index contributed by atoms with van der Waals surface area (Å²) in [4.78, 5) is 15.8. The van der Waals surface area contributed by atoms with E-state index in [4.69, 9.17) is 4.74 Å². The summed E-state index contributed by atoms with van der Waals surface area (Å²) in [6.45, 7) is 7.75. The van der Waals surface area contributed by atoms with Crippen molar-refractivity contribution in [3.8, 4) is 0 Å². The number of esters is 1. The number of aryl methyl sites for hydroxylation is 1. The minimum absolute atomic E-state index is 0.277. The van der Waals surface area contributed by atoms with Crippen molar-refractivity contribution in [3.05, 3.63) is 18.2 Å². The second kappa shape index (κ2) is 6.39. The van der Waals surface area contributed by atoms with E-state index in [1.165, 1.54) is 7.11 Å². The number of hydrogen-bond donors (Lipinski definition) is 1. The molecule has 1 heterocycles. The Morgan fingerprint density at radius 1 is 1.59 bits per heavy atom. The Bertz CT molecular complexity index is 360. The predicted molar refractivity (Wildman–Crippen MR) is 65.5 cm³/mol. The van der Waals surface area contributed by atoms with Gasteiger partial charge in [-0.25, -0.2) is 9.78 Å². The number of nitrogens with zero attached hydrogens (tertiary/aromatic N) is 2. The number of carbonyl (C=O) groups excluding carboxylic acids is 1. The molecule has 0 bridgehead atoms. The first-order valence-electron chi connectivity index (χ1n) is 5.91. The Morgan fingerprint density at radius 2 is 2.29 bits per heavy atom. The molecule has 1 aromatic heterocycles. The van der Waals surface area contributed by atoms with Gasteiger partial charge in [-0.1, -0.05) is 13.8 Å². The number of methoxy groups -OCH3 is 1. The van der Waals surface area contributed by atoms with Crippen LogP contribution in [0.25, 0.3) is 0 Å². The van der Waals surface area contributed by atoms with Gasteiger partial charge < -0.3 is 9.30 Å². The predicted octanol–water partition coefficient (Wildman–Crippen LogP) is 1.36.